The summed E-state index contributed by atoms with van der Waals surface area (Å²) in [6.45, 7) is 0.495. The monoisotopic (exact) mass is 292 g/mol. The fourth-order valence-corrected chi connectivity index (χ4v) is 2.33. The van der Waals surface area contributed by atoms with Crippen LogP contribution in [0, 0.1) is 5.82 Å². The Morgan fingerprint density at radius 2 is 2.10 bits per heavy atom. The lowest BCUT2D eigenvalue weighted by Gasteiger charge is -2.23. The Morgan fingerprint density at radius 3 is 2.71 bits per heavy atom. The van der Waals surface area contributed by atoms with Crippen LogP contribution in [0.2, 0.25) is 0 Å². The van der Waals surface area contributed by atoms with Crippen molar-refractivity contribution in [1.82, 2.24) is 4.90 Å². The molecular weight excluding hydrogens is 275 g/mol. The lowest BCUT2D eigenvalue weighted by molar-refractivity contribution is -0.134. The standard InChI is InChI=1S/C15H17FN2O3/c1-17(2)15(20)18-7-6-11-9-12(16)8-10(14(11)18)4-5-13(19)21-3/h4-5,8-9H,6-7H2,1-3H3/b5-4+. The number of hydrogen-bond donors (Lipinski definition) is 0. The number of methoxy groups -OCH3 is 1. The average Bonchev–Trinajstić information content (AvgIpc) is 2.86. The number of carbonyl (C=O) groups is 2. The largest absolute Gasteiger partial charge is 0.466 e. The summed E-state index contributed by atoms with van der Waals surface area (Å²) in [5.74, 6) is -0.922. The molecule has 0 unspecified atom stereocenters. The highest BCUT2D eigenvalue weighted by atomic mass is 19.1. The maximum Gasteiger partial charge on any atom is 0.330 e. The summed E-state index contributed by atoms with van der Waals surface area (Å²) in [6, 6.07) is 2.56. The minimum absolute atomic E-state index is 0.173. The minimum Gasteiger partial charge on any atom is -0.466 e. The lowest BCUT2D eigenvalue weighted by atomic mass is 10.1. The third-order valence-corrected chi connectivity index (χ3v) is 3.27. The second-order valence-corrected chi connectivity index (χ2v) is 4.94. The van der Waals surface area contributed by atoms with Crippen molar-refractivity contribution < 1.29 is 18.7 Å². The fourth-order valence-electron chi connectivity index (χ4n) is 2.33. The van der Waals surface area contributed by atoms with Crippen molar-refractivity contribution in [2.24, 2.45) is 0 Å². The summed E-state index contributed by atoms with van der Waals surface area (Å²) < 4.78 is 18.2. The van der Waals surface area contributed by atoms with E-state index in [1.165, 1.54) is 36.3 Å². The number of anilines is 1. The quantitative estimate of drug-likeness (QED) is 0.619. The highest BCUT2D eigenvalue weighted by Crippen LogP contribution is 2.34. The van der Waals surface area contributed by atoms with Crippen LogP contribution in [-0.2, 0) is 16.0 Å². The number of esters is 1. The molecule has 0 atom stereocenters. The van der Waals surface area contributed by atoms with Crippen molar-refractivity contribution in [2.75, 3.05) is 32.6 Å². The van der Waals surface area contributed by atoms with E-state index >= 15 is 0 Å². The second kappa shape index (κ2) is 5.95. The van der Waals surface area contributed by atoms with Gasteiger partial charge in [-0.1, -0.05) is 0 Å². The van der Waals surface area contributed by atoms with Crippen LogP contribution in [0.25, 0.3) is 6.08 Å². The predicted molar refractivity (Wildman–Crippen MR) is 77.6 cm³/mol. The minimum atomic E-state index is -0.531. The molecule has 21 heavy (non-hydrogen) atoms. The molecule has 1 aromatic rings. The SMILES string of the molecule is COC(=O)/C=C/c1cc(F)cc2c1N(C(=O)N(C)C)CC2. The molecule has 6 heteroatoms. The van der Waals surface area contributed by atoms with Gasteiger partial charge < -0.3 is 9.64 Å². The van der Waals surface area contributed by atoms with Gasteiger partial charge >= 0.3 is 12.0 Å². The van der Waals surface area contributed by atoms with E-state index in [-0.39, 0.29) is 6.03 Å². The van der Waals surface area contributed by atoms with Crippen LogP contribution < -0.4 is 4.90 Å². The number of hydrogen-bond acceptors (Lipinski definition) is 3. The fraction of sp³-hybridized carbons (Fsp3) is 0.333. The molecule has 0 bridgehead atoms. The van der Waals surface area contributed by atoms with Crippen molar-refractivity contribution in [2.45, 2.75) is 6.42 Å². The van der Waals surface area contributed by atoms with Crippen LogP contribution in [0.15, 0.2) is 18.2 Å². The van der Waals surface area contributed by atoms with E-state index in [2.05, 4.69) is 4.74 Å². The molecule has 0 aromatic heterocycles. The zero-order valence-corrected chi connectivity index (χ0v) is 12.2. The van der Waals surface area contributed by atoms with Crippen LogP contribution in [0.4, 0.5) is 14.9 Å². The number of ether oxygens (including phenoxy) is 1. The lowest BCUT2D eigenvalue weighted by Crippen LogP contribution is -2.38. The van der Waals surface area contributed by atoms with E-state index in [9.17, 15) is 14.0 Å². The highest BCUT2D eigenvalue weighted by Gasteiger charge is 2.28. The predicted octanol–water partition coefficient (Wildman–Crippen LogP) is 2.06. The molecular formula is C15H17FN2O3. The van der Waals surface area contributed by atoms with Gasteiger partial charge in [0.2, 0.25) is 0 Å². The van der Waals surface area contributed by atoms with Crippen molar-refractivity contribution >= 4 is 23.8 Å². The van der Waals surface area contributed by atoms with Gasteiger partial charge in [-0.25, -0.2) is 14.0 Å². The molecule has 0 radical (unpaired) electrons. The molecule has 2 rings (SSSR count). The van der Waals surface area contributed by atoms with E-state index in [1.807, 2.05) is 0 Å². The first-order valence-corrected chi connectivity index (χ1v) is 6.51. The summed E-state index contributed by atoms with van der Waals surface area (Å²) in [5, 5.41) is 0. The van der Waals surface area contributed by atoms with E-state index in [0.29, 0.717) is 24.2 Å². The number of rotatable bonds is 2. The molecule has 0 saturated carbocycles. The number of carbonyl (C=O) groups excluding carboxylic acids is 2. The Morgan fingerprint density at radius 1 is 1.38 bits per heavy atom. The number of nitrogens with zero attached hydrogens (tertiary/aromatic N) is 2. The van der Waals surface area contributed by atoms with Gasteiger partial charge in [-0.2, -0.15) is 0 Å². The Hall–Kier alpha value is -2.37. The average molecular weight is 292 g/mol. The molecule has 1 aromatic carbocycles. The molecule has 0 aliphatic carbocycles. The summed E-state index contributed by atoms with van der Waals surface area (Å²) in [7, 11) is 4.59. The van der Waals surface area contributed by atoms with Crippen molar-refractivity contribution in [3.63, 3.8) is 0 Å². The van der Waals surface area contributed by atoms with Gasteiger partial charge in [-0.05, 0) is 30.2 Å². The molecule has 112 valence electrons. The topological polar surface area (TPSA) is 49.9 Å². The number of fused-ring (bicyclic) bond motifs is 1. The van der Waals surface area contributed by atoms with Gasteiger partial charge in [0.15, 0.2) is 0 Å². The Labute approximate surface area is 122 Å². The maximum absolute atomic E-state index is 13.7. The Bertz CT molecular complexity index is 611. The van der Waals surface area contributed by atoms with Gasteiger partial charge in [0.25, 0.3) is 0 Å². The first-order valence-electron chi connectivity index (χ1n) is 6.51. The number of halogens is 1. The number of urea groups is 1. The van der Waals surface area contributed by atoms with Crippen molar-refractivity contribution in [3.8, 4) is 0 Å². The van der Waals surface area contributed by atoms with E-state index < -0.39 is 11.8 Å². The Balaban J connectivity index is 2.45. The van der Waals surface area contributed by atoms with Crippen LogP contribution in [0.1, 0.15) is 11.1 Å². The van der Waals surface area contributed by atoms with Crippen molar-refractivity contribution in [3.05, 3.63) is 35.2 Å². The molecule has 5 nitrogen and oxygen atoms in total. The van der Waals surface area contributed by atoms with Gasteiger partial charge in [-0.15, -0.1) is 0 Å². The molecule has 1 aliphatic rings. The third-order valence-electron chi connectivity index (χ3n) is 3.27. The summed E-state index contributed by atoms with van der Waals surface area (Å²) in [5.41, 5.74) is 1.90. The van der Waals surface area contributed by atoms with Crippen LogP contribution >= 0.6 is 0 Å². The smallest absolute Gasteiger partial charge is 0.330 e. The maximum atomic E-state index is 13.7. The first-order chi connectivity index (χ1) is 9.93. The van der Waals surface area contributed by atoms with Gasteiger partial charge in [0.1, 0.15) is 5.82 Å². The Kier molecular flexibility index (Phi) is 4.26. The van der Waals surface area contributed by atoms with Crippen LogP contribution in [0.5, 0.6) is 0 Å². The highest BCUT2D eigenvalue weighted by molar-refractivity contribution is 5.98. The van der Waals surface area contributed by atoms with E-state index in [0.717, 1.165) is 5.56 Å². The molecule has 1 heterocycles. The second-order valence-electron chi connectivity index (χ2n) is 4.94. The molecule has 2 amide bonds. The van der Waals surface area contributed by atoms with Crippen LogP contribution in [0.3, 0.4) is 0 Å². The van der Waals surface area contributed by atoms with Crippen molar-refractivity contribution in [1.29, 1.82) is 0 Å². The molecule has 0 N–H and O–H groups in total. The van der Waals surface area contributed by atoms with Gasteiger partial charge in [-0.3, -0.25) is 4.90 Å². The number of amides is 2. The molecule has 1 aliphatic heterocycles. The van der Waals surface area contributed by atoms with Crippen LogP contribution in [-0.4, -0.2) is 44.7 Å². The zero-order valence-electron chi connectivity index (χ0n) is 12.2. The molecule has 0 fully saturated rings. The molecule has 0 spiro atoms. The van der Waals surface area contributed by atoms with E-state index in [1.54, 1.807) is 19.0 Å². The summed E-state index contributed by atoms with van der Waals surface area (Å²) in [4.78, 5) is 26.4. The zero-order chi connectivity index (χ0) is 15.6. The summed E-state index contributed by atoms with van der Waals surface area (Å²) in [6.07, 6.45) is 3.27. The first kappa shape index (κ1) is 15.0. The number of benzene rings is 1. The third kappa shape index (κ3) is 3.04. The van der Waals surface area contributed by atoms with Gasteiger partial charge in [0.05, 0.1) is 12.8 Å². The summed E-state index contributed by atoms with van der Waals surface area (Å²) >= 11 is 0. The molecule has 0 saturated heterocycles. The van der Waals surface area contributed by atoms with Gasteiger partial charge in [0, 0.05) is 32.3 Å². The van der Waals surface area contributed by atoms with E-state index in [4.69, 9.17) is 0 Å². The normalized spacial score (nSPS) is 13.4.